The Balaban J connectivity index is 2.02. The van der Waals surface area contributed by atoms with E-state index in [2.05, 4.69) is 31.8 Å². The highest BCUT2D eigenvalue weighted by atomic mass is 15.4. The van der Waals surface area contributed by atoms with Crippen molar-refractivity contribution in [3.8, 4) is 0 Å². The molecule has 0 aliphatic carbocycles. The highest BCUT2D eigenvalue weighted by molar-refractivity contribution is 4.74. The molecule has 1 aliphatic heterocycles. The van der Waals surface area contributed by atoms with E-state index in [0.29, 0.717) is 0 Å². The van der Waals surface area contributed by atoms with Crippen molar-refractivity contribution in [2.24, 2.45) is 5.73 Å². The lowest BCUT2D eigenvalue weighted by Gasteiger charge is -2.31. The number of hydrogen-bond acceptors (Lipinski definition) is 3. The summed E-state index contributed by atoms with van der Waals surface area (Å²) in [6.45, 7) is 3.44. The maximum Gasteiger partial charge on any atom is 0.139 e. The van der Waals surface area contributed by atoms with Crippen LogP contribution >= 0.6 is 0 Å². The van der Waals surface area contributed by atoms with Gasteiger partial charge in [0.1, 0.15) is 6.17 Å². The Hall–Kier alpha value is -0.160. The predicted molar refractivity (Wildman–Crippen MR) is 69.1 cm³/mol. The Labute approximate surface area is 100 Å². The van der Waals surface area contributed by atoms with Gasteiger partial charge in [0.2, 0.25) is 0 Å². The van der Waals surface area contributed by atoms with Gasteiger partial charge in [-0.2, -0.15) is 0 Å². The number of rotatable bonds is 6. The van der Waals surface area contributed by atoms with E-state index in [1.54, 1.807) is 0 Å². The van der Waals surface area contributed by atoms with Crippen LogP contribution in [0.4, 0.5) is 0 Å². The summed E-state index contributed by atoms with van der Waals surface area (Å²) in [7, 11) is 6.47. The lowest BCUT2D eigenvalue weighted by Crippen LogP contribution is -2.51. The number of nitrogens with two attached hydrogens (primary N) is 1. The number of nitrogens with one attached hydrogen (secondary N) is 2. The molecule has 16 heavy (non-hydrogen) atoms. The minimum absolute atomic E-state index is 0.259. The molecular weight excluding hydrogens is 200 g/mol. The Bertz CT molecular complexity index is 182. The average molecular weight is 229 g/mol. The van der Waals surface area contributed by atoms with Crippen molar-refractivity contribution in [3.05, 3.63) is 0 Å². The van der Waals surface area contributed by atoms with Gasteiger partial charge in [0.15, 0.2) is 0 Å². The number of quaternary nitrogens is 1. The Morgan fingerprint density at radius 2 is 1.94 bits per heavy atom. The molecule has 1 heterocycles. The standard InChI is InChI=1S/C12H29N4/c1-16(2,3)12(13)5-4-8-15-11-6-9-14-10-7-11/h11-12,14-15H,4-10,13H2,1-3H3/q+1. The smallest absolute Gasteiger partial charge is 0.139 e. The Morgan fingerprint density at radius 1 is 1.31 bits per heavy atom. The second-order valence-corrected chi connectivity index (χ2v) is 5.80. The van der Waals surface area contributed by atoms with Crippen LogP contribution in [0.25, 0.3) is 0 Å². The normalized spacial score (nSPS) is 21.0. The first-order chi connectivity index (χ1) is 7.50. The van der Waals surface area contributed by atoms with Crippen LogP contribution in [0.3, 0.4) is 0 Å². The fourth-order valence-corrected chi connectivity index (χ4v) is 2.03. The van der Waals surface area contributed by atoms with Gasteiger partial charge >= 0.3 is 0 Å². The molecule has 1 rings (SSSR count). The van der Waals surface area contributed by atoms with Gasteiger partial charge in [0.05, 0.1) is 21.1 Å². The summed E-state index contributed by atoms with van der Waals surface area (Å²) >= 11 is 0. The zero-order chi connectivity index (χ0) is 12.0. The van der Waals surface area contributed by atoms with Gasteiger partial charge < -0.3 is 15.1 Å². The van der Waals surface area contributed by atoms with E-state index < -0.39 is 0 Å². The minimum atomic E-state index is 0.259. The van der Waals surface area contributed by atoms with Gasteiger partial charge in [0, 0.05) is 12.5 Å². The molecule has 0 spiro atoms. The molecule has 1 fully saturated rings. The van der Waals surface area contributed by atoms with Crippen LogP contribution in [0.15, 0.2) is 0 Å². The van der Waals surface area contributed by atoms with Crippen molar-refractivity contribution in [3.63, 3.8) is 0 Å². The fourth-order valence-electron chi connectivity index (χ4n) is 2.03. The van der Waals surface area contributed by atoms with Crippen LogP contribution in [0.2, 0.25) is 0 Å². The third-order valence-electron chi connectivity index (χ3n) is 3.44. The minimum Gasteiger partial charge on any atom is -0.317 e. The van der Waals surface area contributed by atoms with E-state index in [0.717, 1.165) is 36.6 Å². The first kappa shape index (κ1) is 13.9. The van der Waals surface area contributed by atoms with Crippen molar-refractivity contribution in [2.45, 2.75) is 37.9 Å². The second kappa shape index (κ2) is 6.55. The van der Waals surface area contributed by atoms with Crippen LogP contribution in [0.1, 0.15) is 25.7 Å². The summed E-state index contributed by atoms with van der Waals surface area (Å²) in [6, 6.07) is 0.724. The molecule has 4 nitrogen and oxygen atoms in total. The van der Waals surface area contributed by atoms with Crippen LogP contribution < -0.4 is 16.4 Å². The van der Waals surface area contributed by atoms with Gasteiger partial charge in [-0.05, 0) is 38.9 Å². The van der Waals surface area contributed by atoms with E-state index in [1.165, 1.54) is 19.3 Å². The monoisotopic (exact) mass is 229 g/mol. The Kier molecular flexibility index (Phi) is 5.69. The van der Waals surface area contributed by atoms with Crippen LogP contribution in [0, 0.1) is 0 Å². The second-order valence-electron chi connectivity index (χ2n) is 5.80. The molecular formula is C12H29N4+. The highest BCUT2D eigenvalue weighted by Crippen LogP contribution is 2.05. The van der Waals surface area contributed by atoms with E-state index in [1.807, 2.05) is 0 Å². The zero-order valence-electron chi connectivity index (χ0n) is 11.1. The van der Waals surface area contributed by atoms with Gasteiger partial charge in [-0.25, -0.2) is 0 Å². The average Bonchev–Trinajstić information content (AvgIpc) is 2.24. The molecule has 0 aromatic rings. The summed E-state index contributed by atoms with van der Waals surface area (Å²) in [5, 5.41) is 7.01. The Morgan fingerprint density at radius 3 is 2.50 bits per heavy atom. The largest absolute Gasteiger partial charge is 0.317 e. The summed E-state index contributed by atoms with van der Waals surface area (Å²) in [5.41, 5.74) is 6.10. The third kappa shape index (κ3) is 5.25. The molecule has 0 bridgehead atoms. The summed E-state index contributed by atoms with van der Waals surface area (Å²) in [4.78, 5) is 0. The molecule has 4 heteroatoms. The quantitative estimate of drug-likeness (QED) is 0.344. The molecule has 0 amide bonds. The van der Waals surface area contributed by atoms with Crippen LogP contribution in [-0.2, 0) is 0 Å². The molecule has 1 atom stereocenters. The zero-order valence-corrected chi connectivity index (χ0v) is 11.1. The molecule has 0 aromatic heterocycles. The van der Waals surface area contributed by atoms with Gasteiger partial charge in [-0.1, -0.05) is 0 Å². The van der Waals surface area contributed by atoms with Gasteiger partial charge in [-0.15, -0.1) is 0 Å². The number of hydrogen-bond donors (Lipinski definition) is 3. The maximum absolute atomic E-state index is 6.10. The molecule has 1 unspecified atom stereocenters. The van der Waals surface area contributed by atoms with Gasteiger partial charge in [-0.3, -0.25) is 5.73 Å². The maximum atomic E-state index is 6.10. The lowest BCUT2D eigenvalue weighted by molar-refractivity contribution is -0.896. The molecule has 96 valence electrons. The van der Waals surface area contributed by atoms with E-state index in [-0.39, 0.29) is 6.17 Å². The molecule has 0 aromatic carbocycles. The van der Waals surface area contributed by atoms with Crippen molar-refractivity contribution in [2.75, 3.05) is 40.8 Å². The molecule has 1 aliphatic rings. The molecule has 0 saturated carbocycles. The van der Waals surface area contributed by atoms with Crippen molar-refractivity contribution < 1.29 is 4.48 Å². The van der Waals surface area contributed by atoms with Crippen molar-refractivity contribution in [1.29, 1.82) is 0 Å². The predicted octanol–water partition coefficient (Wildman–Crippen LogP) is 0.0992. The first-order valence-electron chi connectivity index (χ1n) is 6.51. The van der Waals surface area contributed by atoms with E-state index in [9.17, 15) is 0 Å². The van der Waals surface area contributed by atoms with Crippen LogP contribution in [0.5, 0.6) is 0 Å². The van der Waals surface area contributed by atoms with Crippen LogP contribution in [-0.4, -0.2) is 57.5 Å². The topological polar surface area (TPSA) is 50.1 Å². The highest BCUT2D eigenvalue weighted by Gasteiger charge is 2.18. The summed E-state index contributed by atoms with van der Waals surface area (Å²) in [5.74, 6) is 0. The molecule has 1 saturated heterocycles. The lowest BCUT2D eigenvalue weighted by atomic mass is 10.1. The first-order valence-corrected chi connectivity index (χ1v) is 6.51. The fraction of sp³-hybridized carbons (Fsp3) is 1.00. The number of nitrogens with zero attached hydrogens (tertiary/aromatic N) is 1. The molecule has 0 radical (unpaired) electrons. The van der Waals surface area contributed by atoms with Crippen molar-refractivity contribution in [1.82, 2.24) is 10.6 Å². The number of piperidine rings is 1. The van der Waals surface area contributed by atoms with Crippen molar-refractivity contribution >= 4 is 0 Å². The summed E-state index contributed by atoms with van der Waals surface area (Å²) in [6.07, 6.45) is 5.07. The van der Waals surface area contributed by atoms with E-state index in [4.69, 9.17) is 5.73 Å². The molecule has 4 N–H and O–H groups in total. The van der Waals surface area contributed by atoms with Gasteiger partial charge in [0.25, 0.3) is 0 Å². The van der Waals surface area contributed by atoms with E-state index >= 15 is 0 Å². The summed E-state index contributed by atoms with van der Waals surface area (Å²) < 4.78 is 0.855. The SMILES string of the molecule is C[N+](C)(C)C(N)CCCNC1CCNCC1. The third-order valence-corrected chi connectivity index (χ3v) is 3.44.